The summed E-state index contributed by atoms with van der Waals surface area (Å²) in [4.78, 5) is 49.1. The molecule has 2 amide bonds. The average Bonchev–Trinajstić information content (AvgIpc) is 3.03. The lowest BCUT2D eigenvalue weighted by Crippen LogP contribution is -2.71. The molecule has 15 heteroatoms. The van der Waals surface area contributed by atoms with Crippen molar-refractivity contribution < 1.29 is 42.2 Å². The van der Waals surface area contributed by atoms with Crippen molar-refractivity contribution >= 4 is 47.1 Å². The van der Waals surface area contributed by atoms with Crippen LogP contribution in [0.5, 0.6) is 0 Å². The summed E-state index contributed by atoms with van der Waals surface area (Å²) in [6, 6.07) is -2.33. The number of nitrogens with zero attached hydrogens (tertiary/aromatic N) is 3. The Morgan fingerprint density at radius 1 is 1.39 bits per heavy atom. The highest BCUT2D eigenvalue weighted by Crippen LogP contribution is 2.41. The molecule has 1 aromatic heterocycles. The number of β-lactam (4-membered cyclic amide) rings is 1. The molecule has 0 aliphatic carbocycles. The van der Waals surface area contributed by atoms with E-state index in [1.165, 1.54) is 13.8 Å². The van der Waals surface area contributed by atoms with Gasteiger partial charge in [-0.2, -0.15) is 18.3 Å². The summed E-state index contributed by atoms with van der Waals surface area (Å²) in [5, 5.41) is 14.0. The van der Waals surface area contributed by atoms with Crippen LogP contribution < -0.4 is 5.32 Å². The van der Waals surface area contributed by atoms with Crippen LogP contribution in [0.15, 0.2) is 11.3 Å². The average molecular weight is 511 g/mol. The molecule has 1 saturated heterocycles. The number of aliphatic carboxylic acids is 1. The van der Waals surface area contributed by atoms with Gasteiger partial charge in [0, 0.05) is 18.2 Å². The number of carboxylic acids is 1. The van der Waals surface area contributed by atoms with Crippen LogP contribution in [0.4, 0.5) is 13.2 Å². The van der Waals surface area contributed by atoms with Gasteiger partial charge in [0.25, 0.3) is 5.91 Å². The predicted molar refractivity (Wildman–Crippen MR) is 108 cm³/mol. The van der Waals surface area contributed by atoms with Crippen LogP contribution in [0.1, 0.15) is 31.3 Å². The van der Waals surface area contributed by atoms with Crippen molar-refractivity contribution in [3.05, 3.63) is 27.7 Å². The van der Waals surface area contributed by atoms with Crippen LogP contribution in [0.3, 0.4) is 0 Å². The van der Waals surface area contributed by atoms with Gasteiger partial charge in [0.2, 0.25) is 5.91 Å². The molecule has 0 bridgehead atoms. The third kappa shape index (κ3) is 4.53. The summed E-state index contributed by atoms with van der Waals surface area (Å²) in [6.45, 7) is 3.43. The zero-order chi connectivity index (χ0) is 24.8. The van der Waals surface area contributed by atoms with Gasteiger partial charge in [-0.15, -0.1) is 11.8 Å². The second-order valence-corrected chi connectivity index (χ2v) is 8.78. The van der Waals surface area contributed by atoms with E-state index in [9.17, 15) is 37.5 Å². The molecule has 3 atom stereocenters. The second kappa shape index (κ2) is 8.89. The number of nitrogens with one attached hydrogen (secondary N) is 1. The van der Waals surface area contributed by atoms with E-state index in [-0.39, 0.29) is 29.3 Å². The molecule has 10 nitrogen and oxygen atoms in total. The Bertz CT molecular complexity index is 1070. The summed E-state index contributed by atoms with van der Waals surface area (Å²) in [5.41, 5.74) is -1.50. The van der Waals surface area contributed by atoms with Crippen molar-refractivity contribution in [2.75, 3.05) is 12.4 Å². The monoisotopic (exact) mass is 510 g/mol. The number of hydrogen-bond donors (Lipinski definition) is 2. The highest BCUT2D eigenvalue weighted by Gasteiger charge is 2.54. The molecule has 0 unspecified atom stereocenters. The summed E-state index contributed by atoms with van der Waals surface area (Å²) in [5.74, 6) is -3.38. The van der Waals surface area contributed by atoms with E-state index in [0.29, 0.717) is 0 Å². The van der Waals surface area contributed by atoms with E-state index < -0.39 is 58.1 Å². The number of carbonyl (C=O) groups is 4. The van der Waals surface area contributed by atoms with E-state index in [1.54, 1.807) is 0 Å². The summed E-state index contributed by atoms with van der Waals surface area (Å²) in [7, 11) is 0. The summed E-state index contributed by atoms with van der Waals surface area (Å²) in [6.07, 6.45) is -4.81. The maximum absolute atomic E-state index is 13.1. The molecule has 2 aliphatic heterocycles. The lowest BCUT2D eigenvalue weighted by atomic mass is 10.0. The van der Waals surface area contributed by atoms with Crippen molar-refractivity contribution in [1.29, 1.82) is 0 Å². The molecule has 180 valence electrons. The SMILES string of the molecule is CC(=O)OCC1=C(C(=O)O)N2C(=O)[C@H](NC(=O)[C@@H](C)n3nc(C(F)(F)F)c(Cl)c3C)[C@@H]2SC1. The van der Waals surface area contributed by atoms with Gasteiger partial charge < -0.3 is 15.2 Å². The molecular weight excluding hydrogens is 493 g/mol. The first-order chi connectivity index (χ1) is 15.3. The third-order valence-electron chi connectivity index (χ3n) is 5.09. The molecule has 0 aromatic carbocycles. The fourth-order valence-corrected chi connectivity index (χ4v) is 4.98. The van der Waals surface area contributed by atoms with Gasteiger partial charge in [0.15, 0.2) is 5.69 Å². The van der Waals surface area contributed by atoms with Crippen molar-refractivity contribution in [2.24, 2.45) is 0 Å². The quantitative estimate of drug-likeness (QED) is 0.437. The molecule has 0 saturated carbocycles. The van der Waals surface area contributed by atoms with Gasteiger partial charge in [-0.25, -0.2) is 4.79 Å². The lowest BCUT2D eigenvalue weighted by Gasteiger charge is -2.49. The number of ether oxygens (including phenoxy) is 1. The molecule has 1 fully saturated rings. The Kier molecular flexibility index (Phi) is 6.71. The van der Waals surface area contributed by atoms with Crippen LogP contribution in [-0.2, 0) is 30.1 Å². The molecule has 0 radical (unpaired) electrons. The van der Waals surface area contributed by atoms with Gasteiger partial charge in [0.1, 0.15) is 29.8 Å². The molecule has 3 heterocycles. The Morgan fingerprint density at radius 2 is 2.03 bits per heavy atom. The summed E-state index contributed by atoms with van der Waals surface area (Å²) < 4.78 is 44.8. The number of halogens is 4. The number of fused-ring (bicyclic) bond motifs is 1. The fraction of sp³-hybridized carbons (Fsp3) is 0.500. The molecular formula is C18H18ClF3N4O6S. The number of amides is 2. The van der Waals surface area contributed by atoms with E-state index >= 15 is 0 Å². The first kappa shape index (κ1) is 24.9. The number of alkyl halides is 3. The first-order valence-corrected chi connectivity index (χ1v) is 10.8. The molecule has 1 aromatic rings. The van der Waals surface area contributed by atoms with Crippen LogP contribution in [0, 0.1) is 6.92 Å². The Labute approximate surface area is 194 Å². The Balaban J connectivity index is 1.76. The normalized spacial score (nSPS) is 21.3. The molecule has 0 spiro atoms. The van der Waals surface area contributed by atoms with Crippen molar-refractivity contribution in [3.8, 4) is 0 Å². The third-order valence-corrected chi connectivity index (χ3v) is 6.88. The van der Waals surface area contributed by atoms with E-state index in [1.807, 2.05) is 0 Å². The minimum absolute atomic E-state index is 0.0774. The highest BCUT2D eigenvalue weighted by molar-refractivity contribution is 8.00. The summed E-state index contributed by atoms with van der Waals surface area (Å²) >= 11 is 6.87. The Morgan fingerprint density at radius 3 is 2.55 bits per heavy atom. The number of hydrogen-bond acceptors (Lipinski definition) is 7. The van der Waals surface area contributed by atoms with Gasteiger partial charge in [0.05, 0.1) is 10.7 Å². The molecule has 2 N–H and O–H groups in total. The van der Waals surface area contributed by atoms with Crippen molar-refractivity contribution in [1.82, 2.24) is 20.0 Å². The molecule has 3 rings (SSSR count). The largest absolute Gasteiger partial charge is 0.477 e. The second-order valence-electron chi connectivity index (χ2n) is 7.30. The van der Waals surface area contributed by atoms with Gasteiger partial charge in [-0.1, -0.05) is 11.6 Å². The number of thioether (sulfide) groups is 1. The maximum atomic E-state index is 13.1. The topological polar surface area (TPSA) is 131 Å². The smallest absolute Gasteiger partial charge is 0.436 e. The number of carbonyl (C=O) groups excluding carboxylic acids is 3. The fourth-order valence-electron chi connectivity index (χ4n) is 3.42. The number of esters is 1. The van der Waals surface area contributed by atoms with Crippen LogP contribution in [0.25, 0.3) is 0 Å². The zero-order valence-electron chi connectivity index (χ0n) is 17.4. The Hall–Kier alpha value is -2.74. The predicted octanol–water partition coefficient (Wildman–Crippen LogP) is 1.73. The minimum Gasteiger partial charge on any atom is -0.477 e. The first-order valence-electron chi connectivity index (χ1n) is 9.41. The van der Waals surface area contributed by atoms with Gasteiger partial charge in [-0.3, -0.25) is 24.0 Å². The number of rotatable bonds is 6. The van der Waals surface area contributed by atoms with E-state index in [2.05, 4.69) is 10.4 Å². The van der Waals surface area contributed by atoms with Gasteiger partial charge >= 0.3 is 18.1 Å². The van der Waals surface area contributed by atoms with Crippen LogP contribution in [0.2, 0.25) is 5.02 Å². The van der Waals surface area contributed by atoms with Crippen molar-refractivity contribution in [3.63, 3.8) is 0 Å². The van der Waals surface area contributed by atoms with E-state index in [4.69, 9.17) is 16.3 Å². The maximum Gasteiger partial charge on any atom is 0.436 e. The minimum atomic E-state index is -4.81. The van der Waals surface area contributed by atoms with Crippen LogP contribution in [-0.4, -0.2) is 67.3 Å². The standard InChI is InChI=1S/C18H18ClF3N4O6S/c1-6-10(19)13(18(20,21)22)24-26(6)7(2)14(28)23-11-15(29)25-12(17(30)31)9(4-32-8(3)27)5-33-16(11)25/h7,11,16H,4-5H2,1-3H3,(H,23,28)(H,30,31)/t7-,11+,16+/m1/s1. The molecule has 33 heavy (non-hydrogen) atoms. The number of aromatic nitrogens is 2. The van der Waals surface area contributed by atoms with Crippen molar-refractivity contribution in [2.45, 2.75) is 44.4 Å². The molecule has 2 aliphatic rings. The highest BCUT2D eigenvalue weighted by atomic mass is 35.5. The van der Waals surface area contributed by atoms with Gasteiger partial charge in [-0.05, 0) is 13.8 Å². The lowest BCUT2D eigenvalue weighted by molar-refractivity contribution is -0.151. The number of carboxylic acid groups (broad SMARTS) is 1. The van der Waals surface area contributed by atoms with Crippen LogP contribution >= 0.6 is 23.4 Å². The zero-order valence-corrected chi connectivity index (χ0v) is 19.0. The van der Waals surface area contributed by atoms with E-state index in [0.717, 1.165) is 28.3 Å².